The van der Waals surface area contributed by atoms with E-state index >= 15 is 0 Å². The van der Waals surface area contributed by atoms with Crippen LogP contribution in [0.15, 0.2) is 91.0 Å². The van der Waals surface area contributed by atoms with E-state index in [0.29, 0.717) is 0 Å². The van der Waals surface area contributed by atoms with Crippen LogP contribution >= 0.6 is 0 Å². The Labute approximate surface area is 229 Å². The Morgan fingerprint density at radius 1 is 0.615 bits per heavy atom. The van der Waals surface area contributed by atoms with Gasteiger partial charge < -0.3 is 19.5 Å². The normalized spacial score (nSPS) is 14.3. The number of carbonyl (C=O) groups is 3. The smallest absolute Gasteiger partial charge is 0.407 e. The predicted octanol–water partition coefficient (Wildman–Crippen LogP) is 5.96. The van der Waals surface area contributed by atoms with Gasteiger partial charge in [0.1, 0.15) is 19.8 Å². The van der Waals surface area contributed by atoms with Crippen molar-refractivity contribution in [3.63, 3.8) is 0 Å². The summed E-state index contributed by atoms with van der Waals surface area (Å²) in [5.74, 6) is -2.88. The zero-order valence-corrected chi connectivity index (χ0v) is 22.0. The quantitative estimate of drug-likeness (QED) is 0.187. The van der Waals surface area contributed by atoms with Gasteiger partial charge in [-0.1, -0.05) is 110 Å². The second kappa shape index (κ2) is 14.7. The molecule has 1 unspecified atom stereocenters. The zero-order chi connectivity index (χ0) is 27.3. The highest BCUT2D eigenvalue weighted by Crippen LogP contribution is 2.31. The van der Waals surface area contributed by atoms with Gasteiger partial charge in [0.05, 0.1) is 6.04 Å². The van der Waals surface area contributed by atoms with E-state index in [0.717, 1.165) is 48.8 Å². The summed E-state index contributed by atoms with van der Waals surface area (Å²) in [6, 6.07) is 27.0. The summed E-state index contributed by atoms with van der Waals surface area (Å²) in [5.41, 5.74) is 2.43. The number of carbonyl (C=O) groups excluding carboxylic acids is 3. The molecule has 0 bridgehead atoms. The van der Waals surface area contributed by atoms with Crippen LogP contribution in [0.3, 0.4) is 0 Å². The Kier molecular flexibility index (Phi) is 10.5. The molecule has 1 amide bonds. The summed E-state index contributed by atoms with van der Waals surface area (Å²) in [4.78, 5) is 39.9. The third-order valence-electron chi connectivity index (χ3n) is 6.97. The van der Waals surface area contributed by atoms with Crippen LogP contribution in [0.1, 0.15) is 48.8 Å². The minimum atomic E-state index is -1.33. The molecule has 0 radical (unpaired) electrons. The summed E-state index contributed by atoms with van der Waals surface area (Å²) in [6.45, 7) is 0.0988. The molecule has 0 aromatic heterocycles. The van der Waals surface area contributed by atoms with E-state index in [1.54, 1.807) is 0 Å². The van der Waals surface area contributed by atoms with Gasteiger partial charge in [0.15, 0.2) is 5.92 Å². The first-order valence-corrected chi connectivity index (χ1v) is 13.5. The van der Waals surface area contributed by atoms with E-state index in [1.165, 1.54) is 0 Å². The molecule has 0 aliphatic heterocycles. The van der Waals surface area contributed by atoms with E-state index in [2.05, 4.69) is 5.32 Å². The molecule has 4 rings (SSSR count). The highest BCUT2D eigenvalue weighted by molar-refractivity contribution is 5.96. The molecule has 0 spiro atoms. The summed E-state index contributed by atoms with van der Waals surface area (Å²) in [7, 11) is 0. The molecule has 0 heterocycles. The number of alkyl carbamates (subject to hydrolysis) is 1. The largest absolute Gasteiger partial charge is 0.460 e. The van der Waals surface area contributed by atoms with Crippen molar-refractivity contribution in [1.29, 1.82) is 0 Å². The van der Waals surface area contributed by atoms with Crippen molar-refractivity contribution in [3.8, 4) is 0 Å². The second-order valence-corrected chi connectivity index (χ2v) is 9.79. The molecule has 1 aliphatic rings. The first kappa shape index (κ1) is 27.9. The van der Waals surface area contributed by atoms with Crippen molar-refractivity contribution in [2.45, 2.75) is 58.0 Å². The number of esters is 2. The average molecular weight is 530 g/mol. The SMILES string of the molecule is O=C(NC(C1CCCCC1)C(C(=O)OCc1ccccc1)C(=O)OCc1ccccc1)OCc1ccccc1. The monoisotopic (exact) mass is 529 g/mol. The fourth-order valence-electron chi connectivity index (χ4n) is 4.89. The van der Waals surface area contributed by atoms with Crippen molar-refractivity contribution in [2.75, 3.05) is 0 Å². The van der Waals surface area contributed by atoms with Gasteiger partial charge in [0, 0.05) is 0 Å². The molecule has 1 N–H and O–H groups in total. The number of hydrogen-bond acceptors (Lipinski definition) is 6. The summed E-state index contributed by atoms with van der Waals surface area (Å²) in [6.07, 6.45) is 3.84. The van der Waals surface area contributed by atoms with Crippen molar-refractivity contribution in [2.24, 2.45) is 11.8 Å². The second-order valence-electron chi connectivity index (χ2n) is 9.79. The maximum Gasteiger partial charge on any atom is 0.407 e. The third-order valence-corrected chi connectivity index (χ3v) is 6.97. The van der Waals surface area contributed by atoms with E-state index in [1.807, 2.05) is 91.0 Å². The van der Waals surface area contributed by atoms with Gasteiger partial charge >= 0.3 is 18.0 Å². The number of hydrogen-bond donors (Lipinski definition) is 1. The lowest BCUT2D eigenvalue weighted by molar-refractivity contribution is -0.166. The summed E-state index contributed by atoms with van der Waals surface area (Å²) >= 11 is 0. The van der Waals surface area contributed by atoms with Gasteiger partial charge in [-0.25, -0.2) is 4.79 Å². The van der Waals surface area contributed by atoms with Crippen molar-refractivity contribution in [1.82, 2.24) is 5.32 Å². The Bertz CT molecular complexity index is 1120. The van der Waals surface area contributed by atoms with Crippen LogP contribution in [0.2, 0.25) is 0 Å². The molecule has 1 aliphatic carbocycles. The van der Waals surface area contributed by atoms with Gasteiger partial charge in [-0.2, -0.15) is 0 Å². The van der Waals surface area contributed by atoms with Gasteiger partial charge in [0.25, 0.3) is 0 Å². The van der Waals surface area contributed by atoms with E-state index in [-0.39, 0.29) is 25.7 Å². The zero-order valence-electron chi connectivity index (χ0n) is 22.0. The van der Waals surface area contributed by atoms with Crippen LogP contribution in [-0.4, -0.2) is 24.1 Å². The molecule has 3 aromatic rings. The molecule has 39 heavy (non-hydrogen) atoms. The topological polar surface area (TPSA) is 90.9 Å². The summed E-state index contributed by atoms with van der Waals surface area (Å²) in [5, 5.41) is 2.85. The molecule has 0 saturated heterocycles. The Morgan fingerprint density at radius 2 is 1.03 bits per heavy atom. The van der Waals surface area contributed by atoms with Crippen LogP contribution < -0.4 is 5.32 Å². The number of ether oxygens (including phenoxy) is 3. The molecular weight excluding hydrogens is 494 g/mol. The molecular formula is C32H35NO6. The minimum Gasteiger partial charge on any atom is -0.460 e. The summed E-state index contributed by atoms with van der Waals surface area (Å²) < 4.78 is 16.7. The van der Waals surface area contributed by atoms with E-state index in [9.17, 15) is 14.4 Å². The minimum absolute atomic E-state index is 0.0119. The highest BCUT2D eigenvalue weighted by atomic mass is 16.6. The fraction of sp³-hybridized carbons (Fsp3) is 0.344. The molecule has 1 atom stereocenters. The third kappa shape index (κ3) is 8.70. The lowest BCUT2D eigenvalue weighted by Crippen LogP contribution is -2.52. The molecule has 1 saturated carbocycles. The Morgan fingerprint density at radius 3 is 1.46 bits per heavy atom. The maximum atomic E-state index is 13.5. The highest BCUT2D eigenvalue weighted by Gasteiger charge is 2.43. The molecule has 7 heteroatoms. The van der Waals surface area contributed by atoms with Crippen LogP contribution in [0, 0.1) is 11.8 Å². The lowest BCUT2D eigenvalue weighted by Gasteiger charge is -2.34. The van der Waals surface area contributed by atoms with Gasteiger partial charge in [-0.15, -0.1) is 0 Å². The van der Waals surface area contributed by atoms with Gasteiger partial charge in [-0.05, 0) is 35.4 Å². The first-order chi connectivity index (χ1) is 19.1. The Hall–Kier alpha value is -4.13. The van der Waals surface area contributed by atoms with E-state index in [4.69, 9.17) is 14.2 Å². The van der Waals surface area contributed by atoms with Crippen LogP contribution in [0.5, 0.6) is 0 Å². The standard InChI is InChI=1S/C32H35NO6/c34-30(37-21-24-13-5-1-6-14-24)28(31(35)38-22-25-15-7-2-8-16-25)29(27-19-11-4-12-20-27)33-32(36)39-23-26-17-9-3-10-18-26/h1-3,5-10,13-18,27-29H,4,11-12,19-23H2,(H,33,36). The lowest BCUT2D eigenvalue weighted by atomic mass is 9.78. The van der Waals surface area contributed by atoms with Crippen molar-refractivity contribution >= 4 is 18.0 Å². The molecule has 1 fully saturated rings. The average Bonchev–Trinajstić information content (AvgIpc) is 2.99. The molecule has 3 aromatic carbocycles. The first-order valence-electron chi connectivity index (χ1n) is 13.5. The van der Waals surface area contributed by atoms with Gasteiger partial charge in [0.2, 0.25) is 0 Å². The maximum absolute atomic E-state index is 13.5. The van der Waals surface area contributed by atoms with Crippen LogP contribution in [0.4, 0.5) is 4.79 Å². The number of amides is 1. The molecule has 204 valence electrons. The molecule has 7 nitrogen and oxygen atoms in total. The van der Waals surface area contributed by atoms with Gasteiger partial charge in [-0.3, -0.25) is 9.59 Å². The Balaban J connectivity index is 1.52. The predicted molar refractivity (Wildman–Crippen MR) is 146 cm³/mol. The fourth-order valence-corrected chi connectivity index (χ4v) is 4.89. The number of nitrogens with one attached hydrogen (secondary N) is 1. The number of benzene rings is 3. The van der Waals surface area contributed by atoms with Crippen molar-refractivity contribution in [3.05, 3.63) is 108 Å². The number of rotatable bonds is 11. The van der Waals surface area contributed by atoms with Crippen LogP contribution in [-0.2, 0) is 43.6 Å². The van der Waals surface area contributed by atoms with Crippen molar-refractivity contribution < 1.29 is 28.6 Å². The van der Waals surface area contributed by atoms with Crippen LogP contribution in [0.25, 0.3) is 0 Å². The van der Waals surface area contributed by atoms with E-state index < -0.39 is 30.0 Å².